The van der Waals surface area contributed by atoms with Crippen LogP contribution < -0.4 is 45.9 Å². The molecular formula is C75H93N14O27P3S4. The largest absolute Gasteiger partial charge is 0.748 e. The molecule has 10 rings (SSSR count). The number of carbonyl (C=O) groups is 5. The molecule has 0 bridgehead atoms. The Morgan fingerprint density at radius 3 is 2.41 bits per heavy atom. The van der Waals surface area contributed by atoms with Crippen molar-refractivity contribution < 1.29 is 125 Å². The van der Waals surface area contributed by atoms with Gasteiger partial charge in [0.25, 0.3) is 21.9 Å². The molecule has 1 saturated heterocycles. The molecule has 123 heavy (non-hydrogen) atoms. The monoisotopic (exact) mass is 1840 g/mol. The number of ketones is 2. The van der Waals surface area contributed by atoms with Crippen LogP contribution in [0.5, 0.6) is 17.2 Å². The van der Waals surface area contributed by atoms with Gasteiger partial charge < -0.3 is 83.3 Å². The summed E-state index contributed by atoms with van der Waals surface area (Å²) in [5, 5.41) is 14.3. The summed E-state index contributed by atoms with van der Waals surface area (Å²) in [5.41, 5.74) is 31.0. The molecule has 6 atom stereocenters. The number of hydrogen-bond acceptors (Lipinski definition) is 29. The first-order valence-corrected chi connectivity index (χ1v) is 49.1. The van der Waals surface area contributed by atoms with Crippen molar-refractivity contribution >= 4 is 123 Å². The maximum absolute atomic E-state index is 14.7. The van der Waals surface area contributed by atoms with Gasteiger partial charge in [-0.25, -0.2) is 31.7 Å². The van der Waals surface area contributed by atoms with Crippen LogP contribution in [0.1, 0.15) is 132 Å². The Morgan fingerprint density at radius 2 is 1.63 bits per heavy atom. The third-order valence-electron chi connectivity index (χ3n) is 19.6. The number of carbonyl (C=O) groups excluding carboxylic acids is 5. The number of nitrogens with one attached hydrogen (secondary N) is 2. The summed E-state index contributed by atoms with van der Waals surface area (Å²) in [6.07, 6.45) is 4.56. The predicted molar refractivity (Wildman–Crippen MR) is 450 cm³/mol. The third kappa shape index (κ3) is 29.6. The number of Topliss-reactive ketones (excluding diaryl/α,β-unsaturated/α-hetero) is 2. The van der Waals surface area contributed by atoms with E-state index in [1.807, 2.05) is 30.3 Å². The van der Waals surface area contributed by atoms with Gasteiger partial charge in [0, 0.05) is 168 Å². The van der Waals surface area contributed by atoms with Crippen LogP contribution in [0.2, 0.25) is 0 Å². The molecule has 9 N–H and O–H groups in total. The lowest BCUT2D eigenvalue weighted by atomic mass is 9.86. The summed E-state index contributed by atoms with van der Waals surface area (Å²) in [6, 6.07) is 23.2. The second-order valence-electron chi connectivity index (χ2n) is 28.5. The first kappa shape index (κ1) is 96.4. The van der Waals surface area contributed by atoms with Crippen molar-refractivity contribution in [3.63, 3.8) is 0 Å². The van der Waals surface area contributed by atoms with E-state index in [1.165, 1.54) is 29.1 Å². The number of nitrogens with two attached hydrogens (primary N) is 1. The number of fused-ring (bicyclic) bond motifs is 5. The van der Waals surface area contributed by atoms with Gasteiger partial charge in [0.15, 0.2) is 6.23 Å². The average molecular weight is 1840 g/mol. The van der Waals surface area contributed by atoms with Crippen molar-refractivity contribution in [1.82, 2.24) is 29.7 Å². The van der Waals surface area contributed by atoms with Gasteiger partial charge in [-0.2, -0.15) is 17.0 Å². The number of aromatic nitrogens is 2. The summed E-state index contributed by atoms with van der Waals surface area (Å²) in [5.74, 6) is 6.34. The van der Waals surface area contributed by atoms with Crippen LogP contribution in [-0.4, -0.2) is 223 Å². The van der Waals surface area contributed by atoms with E-state index >= 15 is 0 Å². The van der Waals surface area contributed by atoms with E-state index in [2.05, 4.69) is 77.7 Å². The fourth-order valence-electron chi connectivity index (χ4n) is 14.1. The second kappa shape index (κ2) is 45.3. The molecule has 664 valence electrons. The number of azide groups is 2. The lowest BCUT2D eigenvalue weighted by Crippen LogP contribution is -2.40. The molecule has 6 heterocycles. The van der Waals surface area contributed by atoms with E-state index in [1.54, 1.807) is 57.8 Å². The fourth-order valence-corrected chi connectivity index (χ4v) is 20.2. The van der Waals surface area contributed by atoms with Crippen LogP contribution in [0, 0.1) is 11.8 Å². The van der Waals surface area contributed by atoms with Gasteiger partial charge in [0.05, 0.1) is 65.4 Å². The third-order valence-corrected chi connectivity index (χ3v) is 27.5. The Bertz CT molecular complexity index is 5570. The van der Waals surface area contributed by atoms with Crippen molar-refractivity contribution in [2.45, 2.75) is 115 Å². The molecule has 3 unspecified atom stereocenters. The number of rotatable bonds is 49. The van der Waals surface area contributed by atoms with E-state index in [-0.39, 0.29) is 111 Å². The van der Waals surface area contributed by atoms with E-state index in [9.17, 15) is 78.9 Å². The molecule has 0 saturated carbocycles. The van der Waals surface area contributed by atoms with Crippen molar-refractivity contribution in [3.05, 3.63) is 162 Å². The van der Waals surface area contributed by atoms with Gasteiger partial charge >= 0.3 is 23.5 Å². The topological polar surface area (TPSA) is 587 Å². The number of nitrogens with zero attached hydrogens (tertiary/aromatic N) is 11. The van der Waals surface area contributed by atoms with Gasteiger partial charge in [-0.1, -0.05) is 67.9 Å². The number of anilines is 2. The maximum Gasteiger partial charge on any atom is 0.490 e. The molecule has 2 aromatic heterocycles. The highest BCUT2D eigenvalue weighted by atomic mass is 33.1. The number of aryl methyl sites for hydroxylation is 2. The Hall–Kier alpha value is -8.86. The van der Waals surface area contributed by atoms with E-state index in [4.69, 9.17) is 54.0 Å². The summed E-state index contributed by atoms with van der Waals surface area (Å²) < 4.78 is 154. The minimum Gasteiger partial charge on any atom is -0.748 e. The molecule has 4 aliphatic rings. The highest BCUT2D eigenvalue weighted by Gasteiger charge is 2.44. The van der Waals surface area contributed by atoms with E-state index < -0.39 is 106 Å². The second-order valence-corrected chi connectivity index (χ2v) is 38.8. The Kier molecular flexibility index (Phi) is 35.5. The lowest BCUT2D eigenvalue weighted by Gasteiger charge is -2.33. The van der Waals surface area contributed by atoms with Crippen molar-refractivity contribution in [3.8, 4) is 29.1 Å². The van der Waals surface area contributed by atoms with E-state index in [0.29, 0.717) is 110 Å². The molecule has 4 aliphatic heterocycles. The normalized spacial score (nSPS) is 16.8. The molecule has 6 aromatic rings. The average Bonchev–Trinajstić information content (AvgIpc) is 1.50. The smallest absolute Gasteiger partial charge is 0.490 e. The quantitative estimate of drug-likeness (QED) is 0.00209. The molecule has 4 aromatic carbocycles. The lowest BCUT2D eigenvalue weighted by molar-refractivity contribution is -0.126. The first-order chi connectivity index (χ1) is 58.6. The summed E-state index contributed by atoms with van der Waals surface area (Å²) in [4.78, 5) is 117. The zero-order chi connectivity index (χ0) is 88.5. The first-order valence-electron chi connectivity index (χ1n) is 38.9. The van der Waals surface area contributed by atoms with Gasteiger partial charge in [-0.3, -0.25) is 33.0 Å². The van der Waals surface area contributed by atoms with Crippen molar-refractivity contribution in [1.29, 1.82) is 0 Å². The molecule has 41 nitrogen and oxygen atoms in total. The summed E-state index contributed by atoms with van der Waals surface area (Å²) in [7, 11) is -20.8. The number of nitrogen functional groups attached to an aromatic ring is 1. The van der Waals surface area contributed by atoms with Crippen LogP contribution in [0.4, 0.5) is 11.4 Å². The Labute approximate surface area is 714 Å². The number of phosphoric ester groups is 1. The molecule has 0 spiro atoms. The molecule has 3 amide bonds. The van der Waals surface area contributed by atoms with Gasteiger partial charge in [-0.15, -0.1) is 0 Å². The van der Waals surface area contributed by atoms with Crippen LogP contribution >= 0.6 is 45.1 Å². The Balaban J connectivity index is 0.598. The van der Waals surface area contributed by atoms with Crippen LogP contribution in [0.15, 0.2) is 101 Å². The highest BCUT2D eigenvalue weighted by Crippen LogP contribution is 2.66. The SMILES string of the molecule is CN(CCCC(=O)CCCSSCCC(=O)CCCNC(=O)c1cccc(OCC(N=[N+]=[N-])OCCOCC(=O)NCC#Cc2cn([C@H]3C[C@@H](OCN=[N+]=[N-])[C@@H](COP(=O)(O)OP(=O)(O)OP(=O)(O)O)O3)c3nccc(N)c23)c1)C(=O)c1ccccc1C1=c2cc3c(cc2Oc2cc4c(cc21)CCCN4CCCS(=O)(=O)O)=[N+](CCCS(=O)(=O)[O-])CCC3. The molecule has 0 radical (unpaired) electrons. The van der Waals surface area contributed by atoms with Crippen LogP contribution in [0.25, 0.3) is 37.5 Å². The summed E-state index contributed by atoms with van der Waals surface area (Å²) in [6.45, 7) is 0.0909. The molecule has 48 heteroatoms. The molecule has 1 fully saturated rings. The fraction of sp³-hybridized carbons (Fsp3) is 0.480. The minimum atomic E-state index is -5.83. The number of hydrogen-bond donors (Lipinski definition) is 8. The van der Waals surface area contributed by atoms with Gasteiger partial charge in [-0.05, 0) is 110 Å². The minimum absolute atomic E-state index is 0.0373. The Morgan fingerprint density at radius 1 is 0.854 bits per heavy atom. The molecular weight excluding hydrogens is 1750 g/mol. The highest BCUT2D eigenvalue weighted by molar-refractivity contribution is 8.76. The van der Waals surface area contributed by atoms with E-state index in [0.717, 1.165) is 64.2 Å². The van der Waals surface area contributed by atoms with Crippen LogP contribution in [0.3, 0.4) is 0 Å². The zero-order valence-electron chi connectivity index (χ0n) is 66.6. The number of phosphoric acid groups is 3. The standard InChI is InChI=1S/C75H93N14O27P3S4/c1-86(75(94)58-22-3-2-21-57(58)72-59-40-50-15-7-29-87(31-11-37-122(102,103)104)62(50)42-64(59)113-65-43-63-51(41-60(65)72)16-8-30-88(63)32-12-38-123(105,106)107)28-9-18-54(90)19-10-35-120-121-36-24-55(91)17-6-26-81-74(93)52-13-4-20-56(39-52)110-48-69(83-85-78)109-34-33-108-47-68(92)79-25-5-14-53-45-89(73-71(53)61(76)23-27-80-73)70-44-66(111-49-82-84-77)67(114-70)46-112-118(98,99)116-119(100,101)115-117(95,96)97/h2-4,13,20-23,27,39-43,45,66-67,69-70H,6-12,15-19,24-26,28-38,44,46-49H2,1H3,(H9-,76,79,80,81,92,93,95,96,97,98,99,100,101,102,103,104,105,106,107)/t66-,67-,69?,70-/m1/s1. The predicted octanol–water partition coefficient (Wildman–Crippen LogP) is 7.63. The maximum atomic E-state index is 14.7. The van der Waals surface area contributed by atoms with Crippen molar-refractivity contribution in [2.75, 3.05) is 126 Å². The van der Waals surface area contributed by atoms with Crippen molar-refractivity contribution in [2.24, 2.45) is 10.2 Å². The number of pyridine rings is 1. The molecule has 0 aliphatic carbocycles. The van der Waals surface area contributed by atoms with Gasteiger partial charge in [0.1, 0.15) is 79.8 Å². The zero-order valence-corrected chi connectivity index (χ0v) is 72.5. The van der Waals surface area contributed by atoms with Crippen LogP contribution in [-0.2, 0) is 93.2 Å². The number of ether oxygens (including phenoxy) is 6. The number of amides is 3. The van der Waals surface area contributed by atoms with Gasteiger partial charge in [0.2, 0.25) is 11.3 Å². The number of benzene rings is 4. The summed E-state index contributed by atoms with van der Waals surface area (Å²) >= 11 is 0.